The van der Waals surface area contributed by atoms with Gasteiger partial charge in [0, 0.05) is 0 Å². The minimum absolute atomic E-state index is 0.0941. The fourth-order valence-electron chi connectivity index (χ4n) is 7.33. The van der Waals surface area contributed by atoms with Crippen molar-refractivity contribution in [3.05, 3.63) is 29.3 Å². The van der Waals surface area contributed by atoms with Crippen LogP contribution in [0.25, 0.3) is 0 Å². The van der Waals surface area contributed by atoms with Crippen LogP contribution in [0.1, 0.15) is 118 Å². The molecule has 0 amide bonds. The fourth-order valence-corrected chi connectivity index (χ4v) is 7.33. The summed E-state index contributed by atoms with van der Waals surface area (Å²) in [5, 5.41) is 10.5. The standard InChI is InChI=1S/C23H34O2.3C2H6/c1-5-9-23-10-8-16-13-18(25-4)6-7-19(16)22(23,3)12-11-21(2)15-17(24)14-20(21)23;3*1-2/h6-7,13,17,20,24H,5,8-12,14-15H2,1-4H3;3*1-2H3/t17?,20?,21-,22?,23+;;;/m1.../s1. The number of hydrogen-bond acceptors (Lipinski definition) is 2. The van der Waals surface area contributed by atoms with Crippen molar-refractivity contribution >= 4 is 0 Å². The molecule has 0 bridgehead atoms. The highest BCUT2D eigenvalue weighted by molar-refractivity contribution is 5.45. The summed E-state index contributed by atoms with van der Waals surface area (Å²) >= 11 is 0. The highest BCUT2D eigenvalue weighted by Crippen LogP contribution is 2.70. The largest absolute Gasteiger partial charge is 0.497 e. The molecule has 31 heavy (non-hydrogen) atoms. The van der Waals surface area contributed by atoms with Crippen LogP contribution in [0.4, 0.5) is 0 Å². The number of methoxy groups -OCH3 is 1. The Morgan fingerprint density at radius 2 is 1.65 bits per heavy atom. The van der Waals surface area contributed by atoms with Gasteiger partial charge in [-0.3, -0.25) is 0 Å². The maximum atomic E-state index is 10.5. The number of aryl methyl sites for hydroxylation is 1. The molecule has 2 heteroatoms. The van der Waals surface area contributed by atoms with Crippen molar-refractivity contribution < 1.29 is 9.84 Å². The summed E-state index contributed by atoms with van der Waals surface area (Å²) in [5.41, 5.74) is 3.97. The summed E-state index contributed by atoms with van der Waals surface area (Å²) in [7, 11) is 1.76. The molecule has 0 aliphatic heterocycles. The van der Waals surface area contributed by atoms with E-state index in [0.29, 0.717) is 16.7 Å². The Morgan fingerprint density at radius 1 is 1.00 bits per heavy atom. The molecule has 0 heterocycles. The average molecular weight is 433 g/mol. The van der Waals surface area contributed by atoms with Crippen molar-refractivity contribution in [1.29, 1.82) is 0 Å². The SMILES string of the molecule is CC.CC.CC.CCC[C@@]12CCc3cc(OC)ccc3C1(C)CC[C@]1(C)CC(O)CC12. The molecule has 1 aromatic carbocycles. The van der Waals surface area contributed by atoms with E-state index in [4.69, 9.17) is 4.74 Å². The molecule has 2 fully saturated rings. The molecule has 180 valence electrons. The molecule has 0 saturated heterocycles. The van der Waals surface area contributed by atoms with Crippen molar-refractivity contribution in [3.63, 3.8) is 0 Å². The predicted molar refractivity (Wildman–Crippen MR) is 136 cm³/mol. The number of ether oxygens (including phenoxy) is 1. The van der Waals surface area contributed by atoms with Gasteiger partial charge in [-0.15, -0.1) is 0 Å². The molecule has 0 aromatic heterocycles. The van der Waals surface area contributed by atoms with Gasteiger partial charge >= 0.3 is 0 Å². The summed E-state index contributed by atoms with van der Waals surface area (Å²) in [6, 6.07) is 6.78. The molecule has 5 atom stereocenters. The number of aliphatic hydroxyl groups is 1. The number of fused-ring (bicyclic) bond motifs is 5. The Kier molecular flexibility index (Phi) is 10.6. The van der Waals surface area contributed by atoms with E-state index in [-0.39, 0.29) is 11.5 Å². The number of benzene rings is 1. The molecule has 2 saturated carbocycles. The van der Waals surface area contributed by atoms with Crippen LogP contribution in [0.15, 0.2) is 18.2 Å². The molecule has 3 aliphatic carbocycles. The van der Waals surface area contributed by atoms with Crippen LogP contribution in [0.2, 0.25) is 0 Å². The Balaban J connectivity index is 0.000000739. The van der Waals surface area contributed by atoms with Crippen molar-refractivity contribution in [2.75, 3.05) is 7.11 Å². The number of hydrogen-bond donors (Lipinski definition) is 1. The Labute approximate surface area is 194 Å². The van der Waals surface area contributed by atoms with Gasteiger partial charge in [0.05, 0.1) is 13.2 Å². The third-order valence-corrected chi connectivity index (χ3v) is 8.46. The zero-order valence-corrected chi connectivity index (χ0v) is 22.4. The van der Waals surface area contributed by atoms with Gasteiger partial charge in [-0.05, 0) is 90.4 Å². The van der Waals surface area contributed by atoms with E-state index in [2.05, 4.69) is 39.0 Å². The van der Waals surface area contributed by atoms with Crippen LogP contribution in [-0.2, 0) is 11.8 Å². The average Bonchev–Trinajstić information content (AvgIpc) is 3.13. The lowest BCUT2D eigenvalue weighted by molar-refractivity contribution is -0.0844. The monoisotopic (exact) mass is 432 g/mol. The van der Waals surface area contributed by atoms with Gasteiger partial charge in [-0.2, -0.15) is 0 Å². The van der Waals surface area contributed by atoms with Crippen LogP contribution < -0.4 is 4.74 Å². The molecule has 0 spiro atoms. The molecule has 0 radical (unpaired) electrons. The van der Waals surface area contributed by atoms with Crippen LogP contribution in [-0.4, -0.2) is 18.3 Å². The second-order valence-electron chi connectivity index (χ2n) is 9.56. The molecular formula is C29H52O2. The summed E-state index contributed by atoms with van der Waals surface area (Å²) in [5.74, 6) is 1.64. The third kappa shape index (κ3) is 4.70. The van der Waals surface area contributed by atoms with E-state index in [1.807, 2.05) is 41.5 Å². The van der Waals surface area contributed by atoms with Crippen molar-refractivity contribution in [2.45, 2.75) is 125 Å². The molecule has 2 nitrogen and oxygen atoms in total. The fraction of sp³-hybridized carbons (Fsp3) is 0.793. The van der Waals surface area contributed by atoms with E-state index in [0.717, 1.165) is 25.0 Å². The van der Waals surface area contributed by atoms with Gasteiger partial charge in [0.2, 0.25) is 0 Å². The van der Waals surface area contributed by atoms with E-state index >= 15 is 0 Å². The lowest BCUT2D eigenvalue weighted by atomic mass is 9.40. The van der Waals surface area contributed by atoms with Crippen LogP contribution in [0.3, 0.4) is 0 Å². The maximum Gasteiger partial charge on any atom is 0.119 e. The highest BCUT2D eigenvalue weighted by atomic mass is 16.5. The molecule has 1 aromatic rings. The minimum atomic E-state index is -0.0941. The van der Waals surface area contributed by atoms with Gasteiger partial charge in [0.25, 0.3) is 0 Å². The van der Waals surface area contributed by atoms with Crippen LogP contribution >= 0.6 is 0 Å². The van der Waals surface area contributed by atoms with Gasteiger partial charge in [0.1, 0.15) is 5.75 Å². The van der Waals surface area contributed by atoms with Gasteiger partial charge < -0.3 is 9.84 Å². The second-order valence-corrected chi connectivity index (χ2v) is 9.56. The topological polar surface area (TPSA) is 29.5 Å². The molecule has 3 aliphatic rings. The normalized spacial score (nSPS) is 34.8. The Hall–Kier alpha value is -1.02. The molecule has 3 unspecified atom stereocenters. The summed E-state index contributed by atoms with van der Waals surface area (Å²) in [4.78, 5) is 0. The number of aliphatic hydroxyl groups excluding tert-OH is 1. The van der Waals surface area contributed by atoms with Crippen molar-refractivity contribution in [1.82, 2.24) is 0 Å². The smallest absolute Gasteiger partial charge is 0.119 e. The van der Waals surface area contributed by atoms with E-state index in [9.17, 15) is 5.11 Å². The van der Waals surface area contributed by atoms with Crippen molar-refractivity contribution in [3.8, 4) is 5.75 Å². The molecular weight excluding hydrogens is 380 g/mol. The number of rotatable bonds is 3. The third-order valence-electron chi connectivity index (χ3n) is 8.46. The first-order valence-corrected chi connectivity index (χ1v) is 13.2. The first-order chi connectivity index (χ1) is 14.9. The van der Waals surface area contributed by atoms with Gasteiger partial charge in [-0.1, -0.05) is 74.8 Å². The Morgan fingerprint density at radius 3 is 2.23 bits per heavy atom. The summed E-state index contributed by atoms with van der Waals surface area (Å²) < 4.78 is 5.49. The first kappa shape index (κ1) is 28.0. The minimum Gasteiger partial charge on any atom is -0.497 e. The maximum absolute atomic E-state index is 10.5. The first-order valence-electron chi connectivity index (χ1n) is 13.2. The van der Waals surface area contributed by atoms with Crippen molar-refractivity contribution in [2.24, 2.45) is 16.7 Å². The molecule has 1 N–H and O–H groups in total. The van der Waals surface area contributed by atoms with E-state index in [1.54, 1.807) is 12.7 Å². The Bertz CT molecular complexity index is 669. The zero-order chi connectivity index (χ0) is 23.9. The van der Waals surface area contributed by atoms with Gasteiger partial charge in [0.15, 0.2) is 0 Å². The second kappa shape index (κ2) is 11.7. The van der Waals surface area contributed by atoms with E-state index < -0.39 is 0 Å². The zero-order valence-electron chi connectivity index (χ0n) is 22.4. The predicted octanol–water partition coefficient (Wildman–Crippen LogP) is 8.34. The van der Waals surface area contributed by atoms with E-state index in [1.165, 1.54) is 37.7 Å². The van der Waals surface area contributed by atoms with Gasteiger partial charge in [-0.25, -0.2) is 0 Å². The lowest BCUT2D eigenvalue weighted by Crippen LogP contribution is -2.58. The quantitative estimate of drug-likeness (QED) is 0.520. The summed E-state index contributed by atoms with van der Waals surface area (Å²) in [6.07, 6.45) is 9.39. The highest BCUT2D eigenvalue weighted by Gasteiger charge is 2.64. The van der Waals surface area contributed by atoms with Crippen LogP contribution in [0, 0.1) is 16.7 Å². The summed E-state index contributed by atoms with van der Waals surface area (Å²) in [6.45, 7) is 19.3. The van der Waals surface area contributed by atoms with Crippen LogP contribution in [0.5, 0.6) is 5.75 Å². The lowest BCUT2D eigenvalue weighted by Gasteiger charge is -2.63. The molecule has 4 rings (SSSR count).